The van der Waals surface area contributed by atoms with Crippen LogP contribution in [0.3, 0.4) is 0 Å². The van der Waals surface area contributed by atoms with Crippen LogP contribution >= 0.6 is 11.6 Å². The van der Waals surface area contributed by atoms with Crippen molar-refractivity contribution < 1.29 is 24.0 Å². The number of esters is 1. The molecular formula is C17H24ClN2O4+. The summed E-state index contributed by atoms with van der Waals surface area (Å²) in [5.74, 6) is 0.318. The molecule has 0 unspecified atom stereocenters. The molecule has 1 amide bonds. The first-order valence-corrected chi connectivity index (χ1v) is 8.54. The molecule has 0 aromatic heterocycles. The second kappa shape index (κ2) is 8.89. The highest BCUT2D eigenvalue weighted by Gasteiger charge is 2.29. The normalized spacial score (nSPS) is 20.3. The van der Waals surface area contributed by atoms with E-state index in [0.29, 0.717) is 29.6 Å². The predicted octanol–water partition coefficient (Wildman–Crippen LogP) is 1.15. The number of halogens is 1. The van der Waals surface area contributed by atoms with Crippen molar-refractivity contribution in [3.63, 3.8) is 0 Å². The number of likely N-dealkylation sites (tertiary alicyclic amines) is 1. The van der Waals surface area contributed by atoms with Crippen LogP contribution in [-0.4, -0.2) is 45.2 Å². The topological polar surface area (TPSA) is 69.1 Å². The van der Waals surface area contributed by atoms with E-state index in [1.54, 1.807) is 25.3 Å². The van der Waals surface area contributed by atoms with E-state index in [1.807, 2.05) is 6.92 Å². The summed E-state index contributed by atoms with van der Waals surface area (Å²) in [5, 5.41) is 3.38. The molecule has 1 heterocycles. The number of rotatable bonds is 6. The molecule has 0 spiro atoms. The van der Waals surface area contributed by atoms with Crippen molar-refractivity contribution in [3.8, 4) is 5.75 Å². The lowest BCUT2D eigenvalue weighted by Gasteiger charge is -2.27. The maximum atomic E-state index is 12.3. The third kappa shape index (κ3) is 5.11. The largest absolute Gasteiger partial charge is 0.495 e. The SMILES string of the molecule is CCOC(=O)C1CC[NH+](CC(=O)Nc2cc(Cl)ccc2OC)CC1. The summed E-state index contributed by atoms with van der Waals surface area (Å²) < 4.78 is 10.3. The molecule has 1 aromatic carbocycles. The summed E-state index contributed by atoms with van der Waals surface area (Å²) in [4.78, 5) is 25.2. The zero-order valence-electron chi connectivity index (χ0n) is 14.1. The number of amides is 1. The predicted molar refractivity (Wildman–Crippen MR) is 91.6 cm³/mol. The van der Waals surface area contributed by atoms with Crippen molar-refractivity contribution in [2.75, 3.05) is 38.7 Å². The quantitative estimate of drug-likeness (QED) is 0.751. The van der Waals surface area contributed by atoms with Gasteiger partial charge in [0.2, 0.25) is 0 Å². The van der Waals surface area contributed by atoms with Crippen LogP contribution in [0.5, 0.6) is 5.75 Å². The number of hydrogen-bond acceptors (Lipinski definition) is 4. The number of piperidine rings is 1. The first-order valence-electron chi connectivity index (χ1n) is 8.17. The van der Waals surface area contributed by atoms with Gasteiger partial charge in [0, 0.05) is 17.9 Å². The molecule has 7 heteroatoms. The van der Waals surface area contributed by atoms with Gasteiger partial charge in [0.05, 0.1) is 38.4 Å². The van der Waals surface area contributed by atoms with Gasteiger partial charge < -0.3 is 19.7 Å². The second-order valence-corrected chi connectivity index (χ2v) is 6.28. The van der Waals surface area contributed by atoms with Crippen LogP contribution < -0.4 is 15.0 Å². The van der Waals surface area contributed by atoms with E-state index in [4.69, 9.17) is 21.1 Å². The van der Waals surface area contributed by atoms with Gasteiger partial charge >= 0.3 is 5.97 Å². The number of carbonyl (C=O) groups is 2. The highest BCUT2D eigenvalue weighted by Crippen LogP contribution is 2.27. The van der Waals surface area contributed by atoms with Crippen molar-refractivity contribution in [2.45, 2.75) is 19.8 Å². The smallest absolute Gasteiger partial charge is 0.309 e. The van der Waals surface area contributed by atoms with E-state index >= 15 is 0 Å². The van der Waals surface area contributed by atoms with Gasteiger partial charge in [-0.3, -0.25) is 9.59 Å². The van der Waals surface area contributed by atoms with Crippen LogP contribution in [0.1, 0.15) is 19.8 Å². The minimum atomic E-state index is -0.121. The fraction of sp³-hybridized carbons (Fsp3) is 0.529. The first-order chi connectivity index (χ1) is 11.5. The zero-order valence-corrected chi connectivity index (χ0v) is 14.8. The van der Waals surface area contributed by atoms with E-state index in [1.165, 1.54) is 0 Å². The monoisotopic (exact) mass is 355 g/mol. The van der Waals surface area contributed by atoms with Crippen molar-refractivity contribution in [1.82, 2.24) is 0 Å². The van der Waals surface area contributed by atoms with Crippen molar-refractivity contribution in [1.29, 1.82) is 0 Å². The third-order valence-corrected chi connectivity index (χ3v) is 4.39. The van der Waals surface area contributed by atoms with Gasteiger partial charge in [0.25, 0.3) is 5.91 Å². The van der Waals surface area contributed by atoms with Gasteiger partial charge in [-0.15, -0.1) is 0 Å². The molecule has 1 aliphatic heterocycles. The lowest BCUT2D eigenvalue weighted by atomic mass is 9.97. The first kappa shape index (κ1) is 18.5. The Morgan fingerprint density at radius 2 is 2.04 bits per heavy atom. The van der Waals surface area contributed by atoms with E-state index in [9.17, 15) is 9.59 Å². The van der Waals surface area contributed by atoms with Crippen molar-refractivity contribution >= 4 is 29.2 Å². The minimum absolute atomic E-state index is 0.0372. The molecule has 6 nitrogen and oxygen atoms in total. The molecule has 2 rings (SSSR count). The molecular weight excluding hydrogens is 332 g/mol. The molecule has 1 aromatic rings. The van der Waals surface area contributed by atoms with Crippen LogP contribution in [-0.2, 0) is 14.3 Å². The van der Waals surface area contributed by atoms with E-state index in [2.05, 4.69) is 5.32 Å². The summed E-state index contributed by atoms with van der Waals surface area (Å²) in [6.45, 7) is 4.14. The number of anilines is 1. The number of methoxy groups -OCH3 is 1. The minimum Gasteiger partial charge on any atom is -0.495 e. The van der Waals surface area contributed by atoms with Gasteiger partial charge in [-0.1, -0.05) is 11.6 Å². The molecule has 0 saturated carbocycles. The Morgan fingerprint density at radius 1 is 1.33 bits per heavy atom. The molecule has 24 heavy (non-hydrogen) atoms. The molecule has 1 aliphatic rings. The van der Waals surface area contributed by atoms with E-state index in [0.717, 1.165) is 30.8 Å². The molecule has 0 bridgehead atoms. The molecule has 2 N–H and O–H groups in total. The van der Waals surface area contributed by atoms with Crippen LogP contribution in [0.15, 0.2) is 18.2 Å². The molecule has 132 valence electrons. The summed E-state index contributed by atoms with van der Waals surface area (Å²) in [6, 6.07) is 5.09. The molecule has 1 fully saturated rings. The molecule has 0 radical (unpaired) electrons. The number of carbonyl (C=O) groups excluding carboxylic acids is 2. The summed E-state index contributed by atoms with van der Waals surface area (Å²) >= 11 is 5.96. The number of hydrogen-bond donors (Lipinski definition) is 2. The lowest BCUT2D eigenvalue weighted by molar-refractivity contribution is -0.897. The molecule has 1 saturated heterocycles. The number of ether oxygens (including phenoxy) is 2. The maximum Gasteiger partial charge on any atom is 0.309 e. The summed E-state index contributed by atoms with van der Waals surface area (Å²) in [7, 11) is 1.55. The van der Waals surface area contributed by atoms with Gasteiger partial charge in [-0.2, -0.15) is 0 Å². The number of benzene rings is 1. The highest BCUT2D eigenvalue weighted by atomic mass is 35.5. The number of quaternary nitrogens is 1. The Balaban J connectivity index is 1.84. The maximum absolute atomic E-state index is 12.3. The standard InChI is InChI=1S/C17H23ClN2O4/c1-3-24-17(22)12-6-8-20(9-7-12)11-16(21)19-14-10-13(18)4-5-15(14)23-2/h4-5,10,12H,3,6-9,11H2,1-2H3,(H,19,21)/p+1. The van der Waals surface area contributed by atoms with Crippen LogP contribution in [0, 0.1) is 5.92 Å². The summed E-state index contributed by atoms with van der Waals surface area (Å²) in [6.07, 6.45) is 1.50. The second-order valence-electron chi connectivity index (χ2n) is 5.85. The Labute approximate surface area is 147 Å². The number of nitrogens with one attached hydrogen (secondary N) is 2. The van der Waals surface area contributed by atoms with E-state index < -0.39 is 0 Å². The van der Waals surface area contributed by atoms with Gasteiger partial charge in [0.15, 0.2) is 6.54 Å². The Hall–Kier alpha value is -1.79. The Kier molecular flexibility index (Phi) is 6.87. The van der Waals surface area contributed by atoms with Crippen LogP contribution in [0.2, 0.25) is 5.02 Å². The van der Waals surface area contributed by atoms with Crippen LogP contribution in [0.25, 0.3) is 0 Å². The molecule has 0 aliphatic carbocycles. The van der Waals surface area contributed by atoms with Gasteiger partial charge in [-0.05, 0) is 25.1 Å². The van der Waals surface area contributed by atoms with Crippen molar-refractivity contribution in [2.24, 2.45) is 5.92 Å². The van der Waals surface area contributed by atoms with Gasteiger partial charge in [0.1, 0.15) is 5.75 Å². The lowest BCUT2D eigenvalue weighted by Crippen LogP contribution is -3.14. The third-order valence-electron chi connectivity index (χ3n) is 4.16. The van der Waals surface area contributed by atoms with Crippen molar-refractivity contribution in [3.05, 3.63) is 23.2 Å². The van der Waals surface area contributed by atoms with E-state index in [-0.39, 0.29) is 17.8 Å². The van der Waals surface area contributed by atoms with Crippen LogP contribution in [0.4, 0.5) is 5.69 Å². The fourth-order valence-electron chi connectivity index (χ4n) is 2.90. The Bertz CT molecular complexity index is 586. The summed E-state index contributed by atoms with van der Waals surface area (Å²) in [5.41, 5.74) is 0.566. The molecule has 0 atom stereocenters. The zero-order chi connectivity index (χ0) is 17.5. The van der Waals surface area contributed by atoms with Gasteiger partial charge in [-0.25, -0.2) is 0 Å². The fourth-order valence-corrected chi connectivity index (χ4v) is 3.07. The average molecular weight is 356 g/mol. The highest BCUT2D eigenvalue weighted by molar-refractivity contribution is 6.31. The average Bonchev–Trinajstić information content (AvgIpc) is 2.56. The Morgan fingerprint density at radius 3 is 2.67 bits per heavy atom.